The number of nitrogens with one attached hydrogen (secondary N) is 1. The zero-order chi connectivity index (χ0) is 12.3. The normalized spacial score (nSPS) is 22.9. The van der Waals surface area contributed by atoms with Crippen molar-refractivity contribution in [1.29, 1.82) is 0 Å². The van der Waals surface area contributed by atoms with Crippen molar-refractivity contribution in [2.75, 3.05) is 13.2 Å². The van der Waals surface area contributed by atoms with E-state index in [-0.39, 0.29) is 6.10 Å². The second-order valence-electron chi connectivity index (χ2n) is 4.71. The van der Waals surface area contributed by atoms with Gasteiger partial charge in [0.05, 0.1) is 12.7 Å². The van der Waals surface area contributed by atoms with E-state index in [4.69, 9.17) is 9.47 Å². The Morgan fingerprint density at radius 1 is 1.35 bits per heavy atom. The lowest BCUT2D eigenvalue weighted by Crippen LogP contribution is -2.30. The predicted octanol–water partition coefficient (Wildman–Crippen LogP) is 2.69. The molecule has 4 heteroatoms. The van der Waals surface area contributed by atoms with Gasteiger partial charge in [-0.3, -0.25) is 0 Å². The van der Waals surface area contributed by atoms with Gasteiger partial charge in [-0.05, 0) is 31.5 Å². The second-order valence-corrected chi connectivity index (χ2v) is 5.62. The van der Waals surface area contributed by atoms with Crippen LogP contribution in [0.3, 0.4) is 0 Å². The lowest BCUT2D eigenvalue weighted by Gasteiger charge is -2.17. The molecule has 0 radical (unpaired) electrons. The molecule has 17 heavy (non-hydrogen) atoms. The third-order valence-electron chi connectivity index (χ3n) is 2.68. The zero-order valence-corrected chi connectivity index (χ0v) is 11.8. The van der Waals surface area contributed by atoms with E-state index in [1.54, 1.807) is 0 Å². The molecule has 0 bridgehead atoms. The number of benzene rings is 1. The first kappa shape index (κ1) is 13.0. The maximum Gasteiger partial charge on any atom is 0.163 e. The number of hydrogen-bond acceptors (Lipinski definition) is 3. The van der Waals surface area contributed by atoms with E-state index in [2.05, 4.69) is 45.5 Å². The summed E-state index contributed by atoms with van der Waals surface area (Å²) in [7, 11) is 0. The molecule has 1 atom stereocenters. The first-order valence-electron chi connectivity index (χ1n) is 5.82. The summed E-state index contributed by atoms with van der Waals surface area (Å²) in [5, 5.41) is 3.38. The van der Waals surface area contributed by atoms with Crippen molar-refractivity contribution < 1.29 is 9.47 Å². The van der Waals surface area contributed by atoms with Crippen LogP contribution >= 0.6 is 15.9 Å². The summed E-state index contributed by atoms with van der Waals surface area (Å²) in [5.41, 5.74) is 1.27. The molecule has 3 nitrogen and oxygen atoms in total. The molecule has 1 saturated heterocycles. The Labute approximate surface area is 111 Å². The highest BCUT2D eigenvalue weighted by Crippen LogP contribution is 2.21. The van der Waals surface area contributed by atoms with Gasteiger partial charge in [0.1, 0.15) is 0 Å². The van der Waals surface area contributed by atoms with Gasteiger partial charge in [0.2, 0.25) is 0 Å². The molecule has 1 aromatic rings. The van der Waals surface area contributed by atoms with Crippen molar-refractivity contribution in [3.63, 3.8) is 0 Å². The van der Waals surface area contributed by atoms with Gasteiger partial charge in [-0.2, -0.15) is 0 Å². The molecular weight excluding hydrogens is 282 g/mol. The monoisotopic (exact) mass is 299 g/mol. The van der Waals surface area contributed by atoms with Gasteiger partial charge in [-0.15, -0.1) is 0 Å². The Morgan fingerprint density at radius 2 is 2.06 bits per heavy atom. The molecule has 1 unspecified atom stereocenters. The highest BCUT2D eigenvalue weighted by molar-refractivity contribution is 9.10. The number of rotatable bonds is 4. The molecule has 0 saturated carbocycles. The summed E-state index contributed by atoms with van der Waals surface area (Å²) in [6, 6.07) is 8.31. The second kappa shape index (κ2) is 5.48. The quantitative estimate of drug-likeness (QED) is 0.927. The van der Waals surface area contributed by atoms with Crippen LogP contribution in [0.4, 0.5) is 0 Å². The van der Waals surface area contributed by atoms with Crippen LogP contribution in [0, 0.1) is 0 Å². The Morgan fingerprint density at radius 3 is 2.65 bits per heavy atom. The van der Waals surface area contributed by atoms with Gasteiger partial charge in [0.15, 0.2) is 5.79 Å². The van der Waals surface area contributed by atoms with Gasteiger partial charge >= 0.3 is 0 Å². The van der Waals surface area contributed by atoms with E-state index in [1.165, 1.54) is 5.56 Å². The van der Waals surface area contributed by atoms with Gasteiger partial charge in [0.25, 0.3) is 0 Å². The molecular formula is C13H18BrNO2. The number of ether oxygens (including phenoxy) is 2. The summed E-state index contributed by atoms with van der Waals surface area (Å²) in [6.45, 7) is 6.23. The molecule has 1 aliphatic heterocycles. The Balaban J connectivity index is 1.71. The van der Waals surface area contributed by atoms with E-state index in [0.29, 0.717) is 6.61 Å². The maximum absolute atomic E-state index is 5.71. The molecule has 0 spiro atoms. The summed E-state index contributed by atoms with van der Waals surface area (Å²) in [6.07, 6.45) is 0.153. The summed E-state index contributed by atoms with van der Waals surface area (Å²) >= 11 is 3.42. The van der Waals surface area contributed by atoms with Crippen molar-refractivity contribution in [2.45, 2.75) is 32.3 Å². The van der Waals surface area contributed by atoms with Crippen molar-refractivity contribution in [1.82, 2.24) is 5.32 Å². The van der Waals surface area contributed by atoms with Gasteiger partial charge in [-0.1, -0.05) is 28.1 Å². The molecule has 1 heterocycles. The molecule has 1 fully saturated rings. The fraction of sp³-hybridized carbons (Fsp3) is 0.538. The first-order valence-corrected chi connectivity index (χ1v) is 6.61. The van der Waals surface area contributed by atoms with Crippen molar-refractivity contribution in [3.8, 4) is 0 Å². The molecule has 2 rings (SSSR count). The van der Waals surface area contributed by atoms with Crippen molar-refractivity contribution in [2.24, 2.45) is 0 Å². The third kappa shape index (κ3) is 4.07. The summed E-state index contributed by atoms with van der Waals surface area (Å²) < 4.78 is 12.3. The van der Waals surface area contributed by atoms with Crippen LogP contribution in [0.25, 0.3) is 0 Å². The fourth-order valence-electron chi connectivity index (χ4n) is 1.84. The number of halogens is 1. The molecule has 1 aliphatic rings. The smallest absolute Gasteiger partial charge is 0.163 e. The van der Waals surface area contributed by atoms with Crippen LogP contribution in [0.1, 0.15) is 19.4 Å². The van der Waals surface area contributed by atoms with Crippen LogP contribution in [-0.2, 0) is 16.0 Å². The number of hydrogen-bond donors (Lipinski definition) is 1. The molecule has 1 N–H and O–H groups in total. The molecule has 0 amide bonds. The van der Waals surface area contributed by atoms with E-state index in [1.807, 2.05) is 13.8 Å². The van der Waals surface area contributed by atoms with Crippen LogP contribution in [0.15, 0.2) is 28.7 Å². The van der Waals surface area contributed by atoms with Crippen LogP contribution in [0.5, 0.6) is 0 Å². The van der Waals surface area contributed by atoms with Crippen molar-refractivity contribution in [3.05, 3.63) is 34.3 Å². The summed E-state index contributed by atoms with van der Waals surface area (Å²) in [5.74, 6) is -0.427. The maximum atomic E-state index is 5.71. The Kier molecular flexibility index (Phi) is 4.20. The van der Waals surface area contributed by atoms with E-state index >= 15 is 0 Å². The summed E-state index contributed by atoms with van der Waals surface area (Å²) in [4.78, 5) is 0. The minimum atomic E-state index is -0.427. The van der Waals surface area contributed by atoms with Gasteiger partial charge < -0.3 is 14.8 Å². The first-order chi connectivity index (χ1) is 8.05. The van der Waals surface area contributed by atoms with Crippen LogP contribution in [0.2, 0.25) is 0 Å². The molecule has 94 valence electrons. The topological polar surface area (TPSA) is 30.5 Å². The Hall–Kier alpha value is -0.420. The standard InChI is InChI=1S/C13H18BrNO2/c1-13(2)16-9-12(17-13)8-15-7-10-3-5-11(14)6-4-10/h3-6,12,15H,7-9H2,1-2H3. The van der Waals surface area contributed by atoms with E-state index in [0.717, 1.165) is 17.6 Å². The molecule has 0 aromatic heterocycles. The van der Waals surface area contributed by atoms with Gasteiger partial charge in [0, 0.05) is 17.6 Å². The lowest BCUT2D eigenvalue weighted by molar-refractivity contribution is -0.137. The average molecular weight is 300 g/mol. The Bertz CT molecular complexity index is 364. The highest BCUT2D eigenvalue weighted by atomic mass is 79.9. The molecule has 1 aromatic carbocycles. The van der Waals surface area contributed by atoms with Gasteiger partial charge in [-0.25, -0.2) is 0 Å². The lowest BCUT2D eigenvalue weighted by atomic mass is 10.2. The SMILES string of the molecule is CC1(C)OCC(CNCc2ccc(Br)cc2)O1. The van der Waals surface area contributed by atoms with Crippen LogP contribution < -0.4 is 5.32 Å². The minimum absolute atomic E-state index is 0.153. The van der Waals surface area contributed by atoms with Crippen molar-refractivity contribution >= 4 is 15.9 Å². The predicted molar refractivity (Wildman–Crippen MR) is 70.8 cm³/mol. The zero-order valence-electron chi connectivity index (χ0n) is 10.2. The largest absolute Gasteiger partial charge is 0.348 e. The van der Waals surface area contributed by atoms with Crippen LogP contribution in [-0.4, -0.2) is 25.0 Å². The third-order valence-corrected chi connectivity index (χ3v) is 3.21. The highest BCUT2D eigenvalue weighted by Gasteiger charge is 2.32. The molecule has 0 aliphatic carbocycles. The van der Waals surface area contributed by atoms with E-state index < -0.39 is 5.79 Å². The fourth-order valence-corrected chi connectivity index (χ4v) is 2.11. The average Bonchev–Trinajstić information content (AvgIpc) is 2.61. The minimum Gasteiger partial charge on any atom is -0.348 e. The van der Waals surface area contributed by atoms with E-state index in [9.17, 15) is 0 Å².